The summed E-state index contributed by atoms with van der Waals surface area (Å²) < 4.78 is 61.1. The van der Waals surface area contributed by atoms with Gasteiger partial charge in [0, 0.05) is 29.7 Å². The molecule has 4 rings (SSSR count). The van der Waals surface area contributed by atoms with Crippen molar-refractivity contribution in [2.75, 3.05) is 33.2 Å². The van der Waals surface area contributed by atoms with Crippen LogP contribution < -0.4 is 32.6 Å². The van der Waals surface area contributed by atoms with Gasteiger partial charge >= 0.3 is 10.3 Å². The van der Waals surface area contributed by atoms with Crippen molar-refractivity contribution < 1.29 is 36.3 Å². The predicted octanol–water partition coefficient (Wildman–Crippen LogP) is 4.15. The third kappa shape index (κ3) is 4.42. The lowest BCUT2D eigenvalue weighted by molar-refractivity contribution is 0.349. The fraction of sp³-hybridized carbons (Fsp3) is 0.217. The molecule has 1 aliphatic rings. The minimum atomic E-state index is -4.27. The molecular formula is C23H23NO8S. The van der Waals surface area contributed by atoms with Crippen LogP contribution in [0.15, 0.2) is 48.5 Å². The number of nitrogens with one attached hydrogen (secondary N) is 1. The maximum Gasteiger partial charge on any atom is 0.407 e. The van der Waals surface area contributed by atoms with Crippen molar-refractivity contribution in [3.63, 3.8) is 0 Å². The Hall–Kier alpha value is -3.79. The average Bonchev–Trinajstić information content (AvgIpc) is 2.82. The van der Waals surface area contributed by atoms with Crippen LogP contribution >= 0.6 is 0 Å². The Morgan fingerprint density at radius 2 is 1.45 bits per heavy atom. The highest BCUT2D eigenvalue weighted by molar-refractivity contribution is 7.88. The van der Waals surface area contributed by atoms with Gasteiger partial charge in [0.1, 0.15) is 22.9 Å². The van der Waals surface area contributed by atoms with Crippen LogP contribution in [-0.4, -0.2) is 36.9 Å². The minimum absolute atomic E-state index is 0.0877. The van der Waals surface area contributed by atoms with Crippen molar-refractivity contribution in [1.82, 2.24) is 0 Å². The summed E-state index contributed by atoms with van der Waals surface area (Å²) >= 11 is 0. The molecular weight excluding hydrogens is 450 g/mol. The summed E-state index contributed by atoms with van der Waals surface area (Å²) in [5.41, 5.74) is 1.54. The van der Waals surface area contributed by atoms with Gasteiger partial charge in [0.05, 0.1) is 28.4 Å². The lowest BCUT2D eigenvalue weighted by atomic mass is 9.97. The first kappa shape index (κ1) is 22.4. The molecule has 10 heteroatoms. The molecule has 33 heavy (non-hydrogen) atoms. The van der Waals surface area contributed by atoms with E-state index in [1.807, 2.05) is 6.07 Å². The lowest BCUT2D eigenvalue weighted by Crippen LogP contribution is -2.21. The van der Waals surface area contributed by atoms with Crippen LogP contribution in [0.3, 0.4) is 0 Å². The van der Waals surface area contributed by atoms with E-state index in [-0.39, 0.29) is 22.9 Å². The number of para-hydroxylation sites is 1. The number of ether oxygens (including phenoxy) is 5. The van der Waals surface area contributed by atoms with Gasteiger partial charge in [-0.1, -0.05) is 18.2 Å². The number of anilines is 1. The van der Waals surface area contributed by atoms with Crippen molar-refractivity contribution in [2.24, 2.45) is 0 Å². The highest BCUT2D eigenvalue weighted by Gasteiger charge is 2.30. The van der Waals surface area contributed by atoms with Crippen molar-refractivity contribution in [3.8, 4) is 40.2 Å². The number of benzene rings is 3. The Kier molecular flexibility index (Phi) is 6.10. The van der Waals surface area contributed by atoms with Crippen LogP contribution in [0.2, 0.25) is 0 Å². The summed E-state index contributed by atoms with van der Waals surface area (Å²) in [6.07, 6.45) is 0.395. The van der Waals surface area contributed by atoms with Crippen LogP contribution in [0.1, 0.15) is 11.1 Å². The molecule has 0 saturated carbocycles. The molecule has 0 aromatic heterocycles. The number of fused-ring (bicyclic) bond motifs is 2. The molecule has 0 amide bonds. The monoisotopic (exact) mass is 473 g/mol. The standard InChI is InChI=1S/C23H23NO8S/c1-27-18-13-21(30-4)22(24-33(25,26)32-15-8-6-5-7-9-15)23-16(18)10-14-11-19(28-2)20(29-3)12-17(14)31-23/h5-9,11-13,24H,10H2,1-4H3. The van der Waals surface area contributed by atoms with Crippen LogP contribution in [0.5, 0.6) is 40.2 Å². The van der Waals surface area contributed by atoms with Gasteiger partial charge in [-0.05, 0) is 18.2 Å². The first-order valence-corrected chi connectivity index (χ1v) is 11.3. The van der Waals surface area contributed by atoms with E-state index >= 15 is 0 Å². The highest BCUT2D eigenvalue weighted by Crippen LogP contribution is 2.51. The van der Waals surface area contributed by atoms with Gasteiger partial charge in [-0.25, -0.2) is 4.72 Å². The van der Waals surface area contributed by atoms with E-state index in [0.717, 1.165) is 5.56 Å². The molecule has 0 fully saturated rings. The Labute approximate surface area is 192 Å². The molecule has 0 saturated heterocycles. The third-order valence-corrected chi connectivity index (χ3v) is 5.94. The first-order valence-electron chi connectivity index (χ1n) is 9.87. The first-order chi connectivity index (χ1) is 15.9. The third-order valence-electron chi connectivity index (χ3n) is 5.07. The second-order valence-electron chi connectivity index (χ2n) is 7.01. The Morgan fingerprint density at radius 3 is 2.09 bits per heavy atom. The Morgan fingerprint density at radius 1 is 0.818 bits per heavy atom. The fourth-order valence-electron chi connectivity index (χ4n) is 3.56. The minimum Gasteiger partial charge on any atom is -0.496 e. The van der Waals surface area contributed by atoms with Gasteiger partial charge in [0.15, 0.2) is 23.0 Å². The van der Waals surface area contributed by atoms with Gasteiger partial charge in [-0.3, -0.25) is 0 Å². The van der Waals surface area contributed by atoms with E-state index < -0.39 is 10.3 Å². The van der Waals surface area contributed by atoms with E-state index in [4.69, 9.17) is 27.9 Å². The Bertz CT molecular complexity index is 1280. The molecule has 1 N–H and O–H groups in total. The summed E-state index contributed by atoms with van der Waals surface area (Å²) in [5.74, 6) is 2.60. The molecule has 1 aliphatic heterocycles. The SMILES string of the molecule is COc1cc2c(cc1OC)Oc1c(c(OC)cc(OC)c1NS(=O)(=O)Oc1ccccc1)C2. The topological polar surface area (TPSA) is 102 Å². The molecule has 1 heterocycles. The summed E-state index contributed by atoms with van der Waals surface area (Å²) in [4.78, 5) is 0. The normalized spacial score (nSPS) is 12.0. The van der Waals surface area contributed by atoms with Gasteiger partial charge in [-0.15, -0.1) is 0 Å². The van der Waals surface area contributed by atoms with E-state index in [1.165, 1.54) is 33.5 Å². The molecule has 3 aromatic rings. The van der Waals surface area contributed by atoms with Gasteiger partial charge < -0.3 is 27.9 Å². The average molecular weight is 474 g/mol. The van der Waals surface area contributed by atoms with Gasteiger partial charge in [0.2, 0.25) is 0 Å². The second kappa shape index (κ2) is 8.99. The molecule has 3 aromatic carbocycles. The quantitative estimate of drug-likeness (QED) is 0.407. The number of rotatable bonds is 8. The molecule has 0 unspecified atom stereocenters. The van der Waals surface area contributed by atoms with Crippen molar-refractivity contribution in [1.29, 1.82) is 0 Å². The summed E-state index contributed by atoms with van der Waals surface area (Å²) in [7, 11) is 1.73. The number of hydrogen-bond donors (Lipinski definition) is 1. The number of methoxy groups -OCH3 is 4. The van der Waals surface area contributed by atoms with Crippen LogP contribution in [0, 0.1) is 0 Å². The summed E-state index contributed by atoms with van der Waals surface area (Å²) in [6.45, 7) is 0. The molecule has 0 radical (unpaired) electrons. The zero-order valence-electron chi connectivity index (χ0n) is 18.5. The molecule has 0 spiro atoms. The fourth-order valence-corrected chi connectivity index (χ4v) is 4.41. The Balaban J connectivity index is 1.79. The van der Waals surface area contributed by atoms with Crippen molar-refractivity contribution in [2.45, 2.75) is 6.42 Å². The molecule has 174 valence electrons. The molecule has 9 nitrogen and oxygen atoms in total. The lowest BCUT2D eigenvalue weighted by Gasteiger charge is -2.26. The van der Waals surface area contributed by atoms with Crippen LogP contribution in [-0.2, 0) is 16.7 Å². The number of hydrogen-bond acceptors (Lipinski definition) is 8. The van der Waals surface area contributed by atoms with Gasteiger partial charge in [0.25, 0.3) is 0 Å². The largest absolute Gasteiger partial charge is 0.496 e. The van der Waals surface area contributed by atoms with Crippen LogP contribution in [0.25, 0.3) is 0 Å². The highest BCUT2D eigenvalue weighted by atomic mass is 32.2. The zero-order valence-corrected chi connectivity index (χ0v) is 19.3. The second-order valence-corrected chi connectivity index (χ2v) is 8.29. The predicted molar refractivity (Wildman–Crippen MR) is 122 cm³/mol. The van der Waals surface area contributed by atoms with E-state index in [0.29, 0.717) is 35.0 Å². The zero-order chi connectivity index (χ0) is 23.6. The van der Waals surface area contributed by atoms with E-state index in [1.54, 1.807) is 37.4 Å². The van der Waals surface area contributed by atoms with E-state index in [2.05, 4.69) is 4.72 Å². The molecule has 0 aliphatic carbocycles. The molecule has 0 atom stereocenters. The summed E-state index contributed by atoms with van der Waals surface area (Å²) in [6, 6.07) is 13.2. The van der Waals surface area contributed by atoms with Crippen molar-refractivity contribution in [3.05, 3.63) is 59.7 Å². The van der Waals surface area contributed by atoms with Crippen molar-refractivity contribution >= 4 is 16.0 Å². The smallest absolute Gasteiger partial charge is 0.407 e. The molecule has 0 bridgehead atoms. The maximum absolute atomic E-state index is 12.8. The van der Waals surface area contributed by atoms with Crippen LogP contribution in [0.4, 0.5) is 5.69 Å². The summed E-state index contributed by atoms with van der Waals surface area (Å²) in [5, 5.41) is 0. The van der Waals surface area contributed by atoms with E-state index in [9.17, 15) is 8.42 Å². The van der Waals surface area contributed by atoms with Gasteiger partial charge in [-0.2, -0.15) is 8.42 Å². The maximum atomic E-state index is 12.8.